The number of thiazole rings is 1. The molecule has 0 spiro atoms. The Bertz CT molecular complexity index is 583. The highest BCUT2D eigenvalue weighted by Crippen LogP contribution is 2.18. The SMILES string of the molecule is NCCc1nc(C(=O)c2cccc(F)c2F)cs1. The second-order valence-corrected chi connectivity index (χ2v) is 4.54. The summed E-state index contributed by atoms with van der Waals surface area (Å²) in [5.41, 5.74) is 5.19. The van der Waals surface area contributed by atoms with Crippen LogP contribution in [-0.4, -0.2) is 17.3 Å². The van der Waals surface area contributed by atoms with Crippen LogP contribution in [0.15, 0.2) is 23.6 Å². The molecule has 0 atom stereocenters. The number of carbonyl (C=O) groups excluding carboxylic acids is 1. The summed E-state index contributed by atoms with van der Waals surface area (Å²) in [5.74, 6) is -2.80. The first-order chi connectivity index (χ1) is 8.63. The van der Waals surface area contributed by atoms with Gasteiger partial charge in [-0.2, -0.15) is 0 Å². The van der Waals surface area contributed by atoms with Gasteiger partial charge in [-0.1, -0.05) is 6.07 Å². The molecule has 2 rings (SSSR count). The number of benzene rings is 1. The van der Waals surface area contributed by atoms with E-state index in [1.54, 1.807) is 0 Å². The number of ketones is 1. The first-order valence-corrected chi connectivity index (χ1v) is 6.14. The molecule has 1 aromatic carbocycles. The maximum absolute atomic E-state index is 13.5. The topological polar surface area (TPSA) is 56.0 Å². The quantitative estimate of drug-likeness (QED) is 0.864. The van der Waals surface area contributed by atoms with Crippen LogP contribution in [0.1, 0.15) is 21.1 Å². The molecule has 6 heteroatoms. The number of rotatable bonds is 4. The molecular weight excluding hydrogens is 258 g/mol. The summed E-state index contributed by atoms with van der Waals surface area (Å²) < 4.78 is 26.5. The van der Waals surface area contributed by atoms with Crippen molar-refractivity contribution in [1.82, 2.24) is 4.98 Å². The average molecular weight is 268 g/mol. The molecule has 0 radical (unpaired) electrons. The van der Waals surface area contributed by atoms with E-state index in [1.807, 2.05) is 0 Å². The summed E-state index contributed by atoms with van der Waals surface area (Å²) in [4.78, 5) is 16.0. The molecule has 1 heterocycles. The molecule has 2 aromatic rings. The normalized spacial score (nSPS) is 10.6. The van der Waals surface area contributed by atoms with Gasteiger partial charge >= 0.3 is 0 Å². The Morgan fingerprint density at radius 3 is 2.89 bits per heavy atom. The summed E-state index contributed by atoms with van der Waals surface area (Å²) in [7, 11) is 0. The lowest BCUT2D eigenvalue weighted by molar-refractivity contribution is 0.103. The van der Waals surface area contributed by atoms with Gasteiger partial charge in [-0.3, -0.25) is 4.79 Å². The molecular formula is C12H10F2N2OS. The van der Waals surface area contributed by atoms with E-state index in [9.17, 15) is 13.6 Å². The Hall–Kier alpha value is -1.66. The second-order valence-electron chi connectivity index (χ2n) is 3.60. The lowest BCUT2D eigenvalue weighted by Gasteiger charge is -2.00. The Morgan fingerprint density at radius 2 is 2.17 bits per heavy atom. The third-order valence-electron chi connectivity index (χ3n) is 2.34. The van der Waals surface area contributed by atoms with E-state index in [-0.39, 0.29) is 11.3 Å². The van der Waals surface area contributed by atoms with Crippen LogP contribution < -0.4 is 5.73 Å². The highest BCUT2D eigenvalue weighted by molar-refractivity contribution is 7.09. The fourth-order valence-electron chi connectivity index (χ4n) is 1.47. The molecule has 1 aromatic heterocycles. The number of hydrogen-bond donors (Lipinski definition) is 1. The summed E-state index contributed by atoms with van der Waals surface area (Å²) in [5, 5.41) is 2.23. The Labute approximate surface area is 106 Å². The number of hydrogen-bond acceptors (Lipinski definition) is 4. The molecule has 0 unspecified atom stereocenters. The van der Waals surface area contributed by atoms with Crippen LogP contribution in [0.25, 0.3) is 0 Å². The van der Waals surface area contributed by atoms with Crippen LogP contribution in [0, 0.1) is 11.6 Å². The summed E-state index contributed by atoms with van der Waals surface area (Å²) in [6.07, 6.45) is 0.559. The van der Waals surface area contributed by atoms with Crippen molar-refractivity contribution in [1.29, 1.82) is 0 Å². The van der Waals surface area contributed by atoms with Crippen molar-refractivity contribution in [3.05, 3.63) is 51.5 Å². The minimum atomic E-state index is -1.14. The van der Waals surface area contributed by atoms with Crippen molar-refractivity contribution in [3.63, 3.8) is 0 Å². The Morgan fingerprint density at radius 1 is 1.39 bits per heavy atom. The van der Waals surface area contributed by atoms with Crippen molar-refractivity contribution in [2.24, 2.45) is 5.73 Å². The molecule has 0 aliphatic carbocycles. The molecule has 0 amide bonds. The number of nitrogens with two attached hydrogens (primary N) is 1. The molecule has 0 saturated heterocycles. The summed E-state index contributed by atoms with van der Waals surface area (Å²) >= 11 is 1.28. The first-order valence-electron chi connectivity index (χ1n) is 5.26. The van der Waals surface area contributed by atoms with Crippen molar-refractivity contribution >= 4 is 17.1 Å². The molecule has 18 heavy (non-hydrogen) atoms. The van der Waals surface area contributed by atoms with Crippen LogP contribution >= 0.6 is 11.3 Å². The third kappa shape index (κ3) is 2.44. The molecule has 0 fully saturated rings. The number of nitrogens with zero attached hydrogens (tertiary/aromatic N) is 1. The van der Waals surface area contributed by atoms with Gasteiger partial charge in [0, 0.05) is 11.8 Å². The van der Waals surface area contributed by atoms with E-state index >= 15 is 0 Å². The highest BCUT2D eigenvalue weighted by atomic mass is 32.1. The fraction of sp³-hybridized carbons (Fsp3) is 0.167. The van der Waals surface area contributed by atoms with Gasteiger partial charge in [0.2, 0.25) is 5.78 Å². The number of aromatic nitrogens is 1. The molecule has 2 N–H and O–H groups in total. The maximum Gasteiger partial charge on any atom is 0.215 e. The zero-order valence-electron chi connectivity index (χ0n) is 9.32. The van der Waals surface area contributed by atoms with E-state index in [0.717, 1.165) is 6.07 Å². The van der Waals surface area contributed by atoms with Crippen LogP contribution in [0.3, 0.4) is 0 Å². The van der Waals surface area contributed by atoms with Crippen LogP contribution in [0.2, 0.25) is 0 Å². The van der Waals surface area contributed by atoms with E-state index in [1.165, 1.54) is 28.8 Å². The van der Waals surface area contributed by atoms with E-state index in [4.69, 9.17) is 5.73 Å². The standard InChI is InChI=1S/C12H10F2N2OS/c13-8-3-1-2-7(11(8)14)12(17)9-6-18-10(16-9)4-5-15/h1-3,6H,4-5,15H2. The van der Waals surface area contributed by atoms with Gasteiger partial charge in [-0.15, -0.1) is 11.3 Å². The molecule has 3 nitrogen and oxygen atoms in total. The number of halogens is 2. The van der Waals surface area contributed by atoms with Gasteiger partial charge in [-0.05, 0) is 18.7 Å². The second kappa shape index (κ2) is 5.32. The van der Waals surface area contributed by atoms with Crippen LogP contribution in [0.4, 0.5) is 8.78 Å². The third-order valence-corrected chi connectivity index (χ3v) is 3.25. The van der Waals surface area contributed by atoms with Crippen molar-refractivity contribution in [3.8, 4) is 0 Å². The molecule has 0 aliphatic heterocycles. The van der Waals surface area contributed by atoms with Crippen molar-refractivity contribution in [2.45, 2.75) is 6.42 Å². The minimum absolute atomic E-state index is 0.118. The summed E-state index contributed by atoms with van der Waals surface area (Å²) in [6, 6.07) is 3.49. The van der Waals surface area contributed by atoms with E-state index < -0.39 is 17.4 Å². The van der Waals surface area contributed by atoms with Gasteiger partial charge < -0.3 is 5.73 Å². The van der Waals surface area contributed by atoms with Gasteiger partial charge in [0.05, 0.1) is 10.6 Å². The van der Waals surface area contributed by atoms with Crippen molar-refractivity contribution in [2.75, 3.05) is 6.54 Å². The zero-order chi connectivity index (χ0) is 13.1. The highest BCUT2D eigenvalue weighted by Gasteiger charge is 2.19. The van der Waals surface area contributed by atoms with Gasteiger partial charge in [0.15, 0.2) is 11.6 Å². The first kappa shape index (κ1) is 12.8. The smallest absolute Gasteiger partial charge is 0.215 e. The van der Waals surface area contributed by atoms with E-state index in [2.05, 4.69) is 4.98 Å². The largest absolute Gasteiger partial charge is 0.330 e. The molecule has 0 saturated carbocycles. The number of carbonyl (C=O) groups is 1. The average Bonchev–Trinajstić information content (AvgIpc) is 2.81. The van der Waals surface area contributed by atoms with Gasteiger partial charge in [0.1, 0.15) is 5.69 Å². The summed E-state index contributed by atoms with van der Waals surface area (Å²) in [6.45, 7) is 0.426. The van der Waals surface area contributed by atoms with E-state index in [0.29, 0.717) is 18.0 Å². The predicted molar refractivity (Wildman–Crippen MR) is 64.7 cm³/mol. The maximum atomic E-state index is 13.5. The lowest BCUT2D eigenvalue weighted by Crippen LogP contribution is -2.07. The molecule has 94 valence electrons. The zero-order valence-corrected chi connectivity index (χ0v) is 10.1. The molecule has 0 aliphatic rings. The Kier molecular flexibility index (Phi) is 3.78. The van der Waals surface area contributed by atoms with Gasteiger partial charge in [0.25, 0.3) is 0 Å². The van der Waals surface area contributed by atoms with Gasteiger partial charge in [-0.25, -0.2) is 13.8 Å². The Balaban J connectivity index is 2.32. The van der Waals surface area contributed by atoms with Crippen LogP contribution in [0.5, 0.6) is 0 Å². The minimum Gasteiger partial charge on any atom is -0.330 e. The van der Waals surface area contributed by atoms with Crippen molar-refractivity contribution < 1.29 is 13.6 Å². The fourth-order valence-corrected chi connectivity index (χ4v) is 2.26. The predicted octanol–water partition coefficient (Wildman–Crippen LogP) is 2.15. The monoisotopic (exact) mass is 268 g/mol. The molecule has 0 bridgehead atoms. The van der Waals surface area contributed by atoms with Crippen LogP contribution in [-0.2, 0) is 6.42 Å². The lowest BCUT2D eigenvalue weighted by atomic mass is 10.1.